The van der Waals surface area contributed by atoms with E-state index in [4.69, 9.17) is 11.6 Å². The van der Waals surface area contributed by atoms with Crippen LogP contribution >= 0.6 is 35.1 Å². The molecule has 2 heterocycles. The Hall–Kier alpha value is 0.1000. The van der Waals surface area contributed by atoms with E-state index in [1.54, 1.807) is 6.20 Å². The second kappa shape index (κ2) is 12.5. The third kappa shape index (κ3) is 9.23. The monoisotopic (exact) mass is 372 g/mol. The lowest BCUT2D eigenvalue weighted by Crippen LogP contribution is -2.20. The number of aromatic nitrogens is 1. The largest absolute Gasteiger partial charge is 0.293 e. The van der Waals surface area contributed by atoms with Crippen molar-refractivity contribution in [3.8, 4) is 0 Å². The van der Waals surface area contributed by atoms with Gasteiger partial charge in [0.05, 0.1) is 10.0 Å². The summed E-state index contributed by atoms with van der Waals surface area (Å²) in [5.41, 5.74) is 0. The molecule has 0 atom stereocenters. The highest BCUT2D eigenvalue weighted by atomic mass is 35.5. The van der Waals surface area contributed by atoms with Gasteiger partial charge < -0.3 is 0 Å². The number of thioether (sulfide) groups is 2. The van der Waals surface area contributed by atoms with E-state index in [0.29, 0.717) is 5.02 Å². The van der Waals surface area contributed by atoms with Crippen LogP contribution in [0.15, 0.2) is 23.4 Å². The van der Waals surface area contributed by atoms with Gasteiger partial charge in [0.1, 0.15) is 0 Å². The number of pyridine rings is 1. The summed E-state index contributed by atoms with van der Waals surface area (Å²) < 4.78 is 0. The maximum absolute atomic E-state index is 5.83. The smallest absolute Gasteiger partial charge is 0.0960 e. The summed E-state index contributed by atoms with van der Waals surface area (Å²) in [5.74, 6) is 3.78. The Bertz CT molecular complexity index is 408. The van der Waals surface area contributed by atoms with E-state index in [1.807, 2.05) is 23.9 Å². The van der Waals surface area contributed by atoms with Gasteiger partial charge in [-0.15, -0.1) is 23.5 Å². The van der Waals surface area contributed by atoms with Crippen LogP contribution in [0.4, 0.5) is 0 Å². The van der Waals surface area contributed by atoms with Gasteiger partial charge in [-0.2, -0.15) is 0 Å². The maximum atomic E-state index is 5.83. The minimum atomic E-state index is 0.716. The number of hydrogen-bond donors (Lipinski definition) is 0. The molecule has 0 N–H and O–H groups in total. The first-order valence-electron chi connectivity index (χ1n) is 8.89. The van der Waals surface area contributed by atoms with Crippen LogP contribution in [0.2, 0.25) is 5.02 Å². The second-order valence-corrected chi connectivity index (χ2v) is 8.77. The van der Waals surface area contributed by atoms with E-state index in [2.05, 4.69) is 21.6 Å². The van der Waals surface area contributed by atoms with E-state index >= 15 is 0 Å². The fourth-order valence-corrected chi connectivity index (χ4v) is 4.74. The normalized spacial score (nSPS) is 15.3. The molecule has 23 heavy (non-hydrogen) atoms. The molecule has 0 saturated carbocycles. The number of halogens is 1. The Morgan fingerprint density at radius 1 is 1.04 bits per heavy atom. The Morgan fingerprint density at radius 2 is 1.78 bits per heavy atom. The molecule has 0 unspecified atom stereocenters. The Labute approximate surface area is 155 Å². The fourth-order valence-electron chi connectivity index (χ4n) is 2.75. The summed E-state index contributed by atoms with van der Waals surface area (Å²) >= 11 is 9.75. The van der Waals surface area contributed by atoms with Crippen molar-refractivity contribution in [3.05, 3.63) is 23.4 Å². The van der Waals surface area contributed by atoms with Crippen LogP contribution in [0.5, 0.6) is 0 Å². The molecule has 0 aromatic carbocycles. The van der Waals surface area contributed by atoms with E-state index in [1.165, 1.54) is 81.8 Å². The zero-order valence-corrected chi connectivity index (χ0v) is 16.4. The molecule has 1 saturated heterocycles. The first-order chi connectivity index (χ1) is 11.3. The SMILES string of the molecule is Clc1ccc(SCCCCCCCCCCN2CCSC2)nc1. The van der Waals surface area contributed by atoms with Gasteiger partial charge in [-0.25, -0.2) is 4.98 Å². The van der Waals surface area contributed by atoms with Crippen LogP contribution < -0.4 is 0 Å². The van der Waals surface area contributed by atoms with Crippen molar-refractivity contribution in [1.82, 2.24) is 9.88 Å². The molecule has 2 nitrogen and oxygen atoms in total. The first-order valence-corrected chi connectivity index (χ1v) is 11.4. The molecule has 1 aliphatic rings. The molecule has 0 aliphatic carbocycles. The second-order valence-electron chi connectivity index (χ2n) is 6.15. The lowest BCUT2D eigenvalue weighted by molar-refractivity contribution is 0.343. The van der Waals surface area contributed by atoms with E-state index in [9.17, 15) is 0 Å². The molecule has 1 fully saturated rings. The summed E-state index contributed by atoms with van der Waals surface area (Å²) in [5, 5.41) is 1.81. The number of hydrogen-bond acceptors (Lipinski definition) is 4. The van der Waals surface area contributed by atoms with Crippen molar-refractivity contribution >= 4 is 35.1 Å². The third-order valence-corrected chi connectivity index (χ3v) is 6.42. The minimum absolute atomic E-state index is 0.716. The van der Waals surface area contributed by atoms with Gasteiger partial charge in [0, 0.05) is 24.4 Å². The van der Waals surface area contributed by atoms with Gasteiger partial charge in [-0.05, 0) is 37.3 Å². The van der Waals surface area contributed by atoms with Gasteiger partial charge in [0.15, 0.2) is 0 Å². The molecule has 0 spiro atoms. The Balaban J connectivity index is 1.32. The predicted molar refractivity (Wildman–Crippen MR) is 106 cm³/mol. The molecule has 1 aromatic rings. The van der Waals surface area contributed by atoms with Gasteiger partial charge in [0.25, 0.3) is 0 Å². The quantitative estimate of drug-likeness (QED) is 0.332. The van der Waals surface area contributed by atoms with Crippen molar-refractivity contribution < 1.29 is 0 Å². The van der Waals surface area contributed by atoms with E-state index in [0.717, 1.165) is 5.03 Å². The predicted octanol–water partition coefficient (Wildman–Crippen LogP) is 5.95. The average molecular weight is 373 g/mol. The van der Waals surface area contributed by atoms with Crippen molar-refractivity contribution in [2.75, 3.05) is 30.5 Å². The Kier molecular flexibility index (Phi) is 10.5. The summed E-state index contributed by atoms with van der Waals surface area (Å²) in [6.45, 7) is 2.64. The first kappa shape index (κ1) is 19.4. The van der Waals surface area contributed by atoms with Crippen molar-refractivity contribution in [1.29, 1.82) is 0 Å². The molecule has 2 rings (SSSR count). The summed E-state index contributed by atoms with van der Waals surface area (Å²) in [7, 11) is 0. The summed E-state index contributed by atoms with van der Waals surface area (Å²) in [4.78, 5) is 6.90. The molecule has 0 bridgehead atoms. The number of rotatable bonds is 12. The standard InChI is InChI=1S/C18H29ClN2S2/c19-17-9-10-18(20-15-17)23-13-8-6-4-2-1-3-5-7-11-21-12-14-22-16-21/h9-10,15H,1-8,11-14,16H2. The van der Waals surface area contributed by atoms with Crippen LogP contribution in [0, 0.1) is 0 Å². The fraction of sp³-hybridized carbons (Fsp3) is 0.722. The molecule has 0 radical (unpaired) electrons. The highest BCUT2D eigenvalue weighted by Gasteiger charge is 2.10. The number of nitrogens with zero attached hydrogens (tertiary/aromatic N) is 2. The van der Waals surface area contributed by atoms with E-state index in [-0.39, 0.29) is 0 Å². The lowest BCUT2D eigenvalue weighted by atomic mass is 10.1. The molecular weight excluding hydrogens is 344 g/mol. The minimum Gasteiger partial charge on any atom is -0.293 e. The van der Waals surface area contributed by atoms with Crippen molar-refractivity contribution in [3.63, 3.8) is 0 Å². The van der Waals surface area contributed by atoms with Crippen LogP contribution in [0.3, 0.4) is 0 Å². The van der Waals surface area contributed by atoms with Crippen molar-refractivity contribution in [2.24, 2.45) is 0 Å². The van der Waals surface area contributed by atoms with Gasteiger partial charge in [0.2, 0.25) is 0 Å². The third-order valence-electron chi connectivity index (χ3n) is 4.14. The summed E-state index contributed by atoms with van der Waals surface area (Å²) in [6, 6.07) is 3.92. The molecule has 0 amide bonds. The van der Waals surface area contributed by atoms with Gasteiger partial charge in [-0.3, -0.25) is 4.90 Å². The average Bonchev–Trinajstić information content (AvgIpc) is 3.07. The van der Waals surface area contributed by atoms with Gasteiger partial charge >= 0.3 is 0 Å². The zero-order valence-electron chi connectivity index (χ0n) is 14.0. The summed E-state index contributed by atoms with van der Waals surface area (Å²) in [6.07, 6.45) is 12.8. The van der Waals surface area contributed by atoms with Crippen LogP contribution in [0.1, 0.15) is 51.4 Å². The van der Waals surface area contributed by atoms with Crippen molar-refractivity contribution in [2.45, 2.75) is 56.4 Å². The van der Waals surface area contributed by atoms with Crippen LogP contribution in [0.25, 0.3) is 0 Å². The van der Waals surface area contributed by atoms with E-state index < -0.39 is 0 Å². The highest BCUT2D eigenvalue weighted by molar-refractivity contribution is 7.99. The number of unbranched alkanes of at least 4 members (excludes halogenated alkanes) is 7. The molecule has 1 aromatic heterocycles. The molecule has 1 aliphatic heterocycles. The van der Waals surface area contributed by atoms with Crippen LogP contribution in [-0.4, -0.2) is 40.4 Å². The van der Waals surface area contributed by atoms with Crippen LogP contribution in [-0.2, 0) is 0 Å². The topological polar surface area (TPSA) is 16.1 Å². The Morgan fingerprint density at radius 3 is 2.43 bits per heavy atom. The van der Waals surface area contributed by atoms with Gasteiger partial charge in [-0.1, -0.05) is 50.1 Å². The zero-order chi connectivity index (χ0) is 16.2. The molecular formula is C18H29ClN2S2. The lowest BCUT2D eigenvalue weighted by Gasteiger charge is -2.12. The molecule has 5 heteroatoms. The highest BCUT2D eigenvalue weighted by Crippen LogP contribution is 2.19. The maximum Gasteiger partial charge on any atom is 0.0960 e. The molecule has 130 valence electrons.